The van der Waals surface area contributed by atoms with Crippen molar-refractivity contribution in [2.24, 2.45) is 0 Å². The summed E-state index contributed by atoms with van der Waals surface area (Å²) < 4.78 is 32.2. The molecule has 0 spiro atoms. The minimum absolute atomic E-state index is 0.0181. The SMILES string of the molecule is CC(=O)Nc1ccc(S(=O)(=O)N(C)CC(=O)Nc2ccc(Oc3ccc(C)cc3)cc2)cc1. The molecular formula is C24H25N3O5S. The molecule has 3 aromatic carbocycles. The van der Waals surface area contributed by atoms with E-state index in [9.17, 15) is 18.0 Å². The highest BCUT2D eigenvalue weighted by Crippen LogP contribution is 2.23. The van der Waals surface area contributed by atoms with Crippen LogP contribution in [0.25, 0.3) is 0 Å². The second-order valence-corrected chi connectivity index (χ2v) is 9.50. The van der Waals surface area contributed by atoms with Crippen LogP contribution in [0.5, 0.6) is 11.5 Å². The molecule has 172 valence electrons. The van der Waals surface area contributed by atoms with Gasteiger partial charge in [-0.15, -0.1) is 0 Å². The van der Waals surface area contributed by atoms with E-state index in [0.717, 1.165) is 9.87 Å². The van der Waals surface area contributed by atoms with Crippen LogP contribution in [0.3, 0.4) is 0 Å². The lowest BCUT2D eigenvalue weighted by molar-refractivity contribution is -0.116. The van der Waals surface area contributed by atoms with Crippen molar-refractivity contribution in [1.29, 1.82) is 0 Å². The lowest BCUT2D eigenvalue weighted by Gasteiger charge is -2.17. The van der Waals surface area contributed by atoms with Gasteiger partial charge in [0.2, 0.25) is 21.8 Å². The van der Waals surface area contributed by atoms with E-state index in [4.69, 9.17) is 4.74 Å². The van der Waals surface area contributed by atoms with Gasteiger partial charge < -0.3 is 15.4 Å². The van der Waals surface area contributed by atoms with Crippen LogP contribution in [0.4, 0.5) is 11.4 Å². The third kappa shape index (κ3) is 6.64. The monoisotopic (exact) mass is 467 g/mol. The zero-order valence-electron chi connectivity index (χ0n) is 18.5. The number of amides is 2. The number of hydrogen-bond donors (Lipinski definition) is 2. The van der Waals surface area contributed by atoms with Gasteiger partial charge in [0.25, 0.3) is 0 Å². The Morgan fingerprint density at radius 1 is 0.818 bits per heavy atom. The van der Waals surface area contributed by atoms with Crippen LogP contribution >= 0.6 is 0 Å². The molecule has 3 aromatic rings. The second kappa shape index (κ2) is 10.3. The summed E-state index contributed by atoms with van der Waals surface area (Å²) in [5.74, 6) is 0.575. The Kier molecular flexibility index (Phi) is 7.47. The van der Waals surface area contributed by atoms with Crippen molar-refractivity contribution in [1.82, 2.24) is 4.31 Å². The van der Waals surface area contributed by atoms with Crippen LogP contribution in [-0.4, -0.2) is 38.1 Å². The first-order chi connectivity index (χ1) is 15.6. The smallest absolute Gasteiger partial charge is 0.243 e. The summed E-state index contributed by atoms with van der Waals surface area (Å²) in [6.07, 6.45) is 0. The van der Waals surface area contributed by atoms with Crippen molar-refractivity contribution in [2.75, 3.05) is 24.2 Å². The predicted octanol–water partition coefficient (Wildman–Crippen LogP) is 4.00. The Bertz CT molecular complexity index is 1220. The topological polar surface area (TPSA) is 105 Å². The summed E-state index contributed by atoms with van der Waals surface area (Å²) in [6.45, 7) is 2.99. The molecule has 0 saturated heterocycles. The number of nitrogens with one attached hydrogen (secondary N) is 2. The van der Waals surface area contributed by atoms with Crippen LogP contribution in [0, 0.1) is 6.92 Å². The van der Waals surface area contributed by atoms with Crippen molar-refractivity contribution >= 4 is 33.2 Å². The molecule has 0 saturated carbocycles. The number of hydrogen-bond acceptors (Lipinski definition) is 5. The van der Waals surface area contributed by atoms with Gasteiger partial charge in [0, 0.05) is 25.3 Å². The van der Waals surface area contributed by atoms with Gasteiger partial charge in [-0.3, -0.25) is 9.59 Å². The number of anilines is 2. The van der Waals surface area contributed by atoms with E-state index in [-0.39, 0.29) is 17.3 Å². The number of sulfonamides is 1. The van der Waals surface area contributed by atoms with Crippen LogP contribution in [0.2, 0.25) is 0 Å². The molecule has 33 heavy (non-hydrogen) atoms. The van der Waals surface area contributed by atoms with Gasteiger partial charge >= 0.3 is 0 Å². The Labute approximate surface area is 193 Å². The van der Waals surface area contributed by atoms with Gasteiger partial charge in [0.1, 0.15) is 11.5 Å². The highest BCUT2D eigenvalue weighted by atomic mass is 32.2. The summed E-state index contributed by atoms with van der Waals surface area (Å²) in [5, 5.41) is 5.25. The van der Waals surface area contributed by atoms with Gasteiger partial charge in [0.05, 0.1) is 11.4 Å². The van der Waals surface area contributed by atoms with E-state index in [1.807, 2.05) is 31.2 Å². The molecule has 0 aliphatic rings. The van der Waals surface area contributed by atoms with E-state index in [0.29, 0.717) is 22.9 Å². The van der Waals surface area contributed by atoms with Crippen LogP contribution in [-0.2, 0) is 19.6 Å². The molecule has 0 fully saturated rings. The van der Waals surface area contributed by atoms with E-state index in [1.54, 1.807) is 24.3 Å². The van der Waals surface area contributed by atoms with Crippen molar-refractivity contribution in [2.45, 2.75) is 18.7 Å². The van der Waals surface area contributed by atoms with Gasteiger partial charge in [-0.1, -0.05) is 17.7 Å². The van der Waals surface area contributed by atoms with Gasteiger partial charge in [0.15, 0.2) is 0 Å². The van der Waals surface area contributed by atoms with E-state index < -0.39 is 15.9 Å². The molecular weight excluding hydrogens is 442 g/mol. The standard InChI is InChI=1S/C24H25N3O5S/c1-17-4-10-21(11-5-17)32-22-12-6-20(7-13-22)26-24(29)16-27(3)33(30,31)23-14-8-19(9-15-23)25-18(2)28/h4-15H,16H2,1-3H3,(H,25,28)(H,26,29). The molecule has 2 amide bonds. The summed E-state index contributed by atoms with van der Waals surface area (Å²) in [5.41, 5.74) is 2.13. The Morgan fingerprint density at radius 2 is 1.30 bits per heavy atom. The predicted molar refractivity (Wildman–Crippen MR) is 127 cm³/mol. The molecule has 0 unspecified atom stereocenters. The molecule has 0 radical (unpaired) electrons. The van der Waals surface area contributed by atoms with E-state index >= 15 is 0 Å². The molecule has 0 heterocycles. The van der Waals surface area contributed by atoms with Crippen LogP contribution in [0.1, 0.15) is 12.5 Å². The van der Waals surface area contributed by atoms with Gasteiger partial charge in [-0.2, -0.15) is 4.31 Å². The fourth-order valence-corrected chi connectivity index (χ4v) is 4.06. The molecule has 0 aliphatic carbocycles. The molecule has 9 heteroatoms. The average Bonchev–Trinajstić information content (AvgIpc) is 2.76. The van der Waals surface area contributed by atoms with E-state index in [1.165, 1.54) is 38.2 Å². The zero-order valence-corrected chi connectivity index (χ0v) is 19.3. The highest BCUT2D eigenvalue weighted by Gasteiger charge is 2.23. The average molecular weight is 468 g/mol. The van der Waals surface area contributed by atoms with Crippen molar-refractivity contribution in [3.05, 3.63) is 78.4 Å². The minimum atomic E-state index is -3.88. The number of aryl methyl sites for hydroxylation is 1. The molecule has 0 aromatic heterocycles. The van der Waals surface area contributed by atoms with E-state index in [2.05, 4.69) is 10.6 Å². The third-order valence-electron chi connectivity index (χ3n) is 4.64. The number of ether oxygens (including phenoxy) is 1. The minimum Gasteiger partial charge on any atom is -0.457 e. The number of nitrogens with zero attached hydrogens (tertiary/aromatic N) is 1. The summed E-state index contributed by atoms with van der Waals surface area (Å²) in [7, 11) is -2.55. The zero-order chi connectivity index (χ0) is 24.0. The largest absolute Gasteiger partial charge is 0.457 e. The highest BCUT2D eigenvalue weighted by molar-refractivity contribution is 7.89. The molecule has 0 aliphatic heterocycles. The summed E-state index contributed by atoms with van der Waals surface area (Å²) >= 11 is 0. The van der Waals surface area contributed by atoms with Gasteiger partial charge in [-0.25, -0.2) is 8.42 Å². The lowest BCUT2D eigenvalue weighted by atomic mass is 10.2. The van der Waals surface area contributed by atoms with Crippen molar-refractivity contribution in [3.8, 4) is 11.5 Å². The summed E-state index contributed by atoms with van der Waals surface area (Å²) in [6, 6.07) is 20.2. The number of carbonyl (C=O) groups excluding carboxylic acids is 2. The maximum Gasteiger partial charge on any atom is 0.243 e. The molecule has 0 atom stereocenters. The van der Waals surface area contributed by atoms with Crippen molar-refractivity contribution < 1.29 is 22.7 Å². The first-order valence-electron chi connectivity index (χ1n) is 10.1. The molecule has 3 rings (SSSR count). The first kappa shape index (κ1) is 24.0. The maximum absolute atomic E-state index is 12.7. The Hall–Kier alpha value is -3.69. The van der Waals surface area contributed by atoms with Gasteiger partial charge in [-0.05, 0) is 67.6 Å². The normalized spacial score (nSPS) is 11.2. The third-order valence-corrected chi connectivity index (χ3v) is 6.46. The van der Waals surface area contributed by atoms with Crippen LogP contribution in [0.15, 0.2) is 77.7 Å². The lowest BCUT2D eigenvalue weighted by Crippen LogP contribution is -2.34. The Morgan fingerprint density at radius 3 is 1.85 bits per heavy atom. The molecule has 0 bridgehead atoms. The second-order valence-electron chi connectivity index (χ2n) is 7.45. The fourth-order valence-electron chi connectivity index (χ4n) is 2.93. The molecule has 8 nitrogen and oxygen atoms in total. The number of benzene rings is 3. The van der Waals surface area contributed by atoms with Crippen molar-refractivity contribution in [3.63, 3.8) is 0 Å². The maximum atomic E-state index is 12.7. The molecule has 2 N–H and O–H groups in total. The quantitative estimate of drug-likeness (QED) is 0.521. The summed E-state index contributed by atoms with van der Waals surface area (Å²) in [4.78, 5) is 23.5. The Balaban J connectivity index is 1.57. The van der Waals surface area contributed by atoms with Crippen LogP contribution < -0.4 is 15.4 Å². The fraction of sp³-hybridized carbons (Fsp3) is 0.167. The number of rotatable bonds is 8. The number of likely N-dealkylation sites (N-methyl/N-ethyl adjacent to an activating group) is 1. The number of carbonyl (C=O) groups is 2. The first-order valence-corrected chi connectivity index (χ1v) is 11.6.